The van der Waals surface area contributed by atoms with Crippen LogP contribution in [0.2, 0.25) is 0 Å². The highest BCUT2D eigenvalue weighted by molar-refractivity contribution is 5.72. The van der Waals surface area contributed by atoms with Crippen molar-refractivity contribution < 1.29 is 4.79 Å². The third-order valence-electron chi connectivity index (χ3n) is 5.91. The molecule has 2 aliphatic heterocycles. The van der Waals surface area contributed by atoms with E-state index in [0.717, 1.165) is 31.7 Å². The molecule has 2 bridgehead atoms. The van der Waals surface area contributed by atoms with Crippen molar-refractivity contribution in [2.75, 3.05) is 26.2 Å². The van der Waals surface area contributed by atoms with Gasteiger partial charge in [0.05, 0.1) is 6.04 Å². The van der Waals surface area contributed by atoms with Crippen LogP contribution in [-0.2, 0) is 4.79 Å². The number of aromatic nitrogens is 1. The van der Waals surface area contributed by atoms with Crippen molar-refractivity contribution in [3.63, 3.8) is 0 Å². The second kappa shape index (κ2) is 8.15. The second-order valence-electron chi connectivity index (χ2n) is 7.89. The number of hydrogen-bond acceptors (Lipinski definition) is 3. The molecule has 2 aromatic rings. The minimum Gasteiger partial charge on any atom is -0.354 e. The fourth-order valence-corrected chi connectivity index (χ4v) is 4.70. The predicted molar refractivity (Wildman–Crippen MR) is 111 cm³/mol. The minimum atomic E-state index is -0.0499. The summed E-state index contributed by atoms with van der Waals surface area (Å²) in [5.74, 6) is 0.681. The number of nitrogens with one attached hydrogen (secondary N) is 1. The molecule has 4 rings (SSSR count). The van der Waals surface area contributed by atoms with Gasteiger partial charge < -0.3 is 9.88 Å². The molecule has 1 saturated heterocycles. The van der Waals surface area contributed by atoms with Crippen LogP contribution in [0.1, 0.15) is 36.6 Å². The SMILES string of the molecule is CC(=O)NC[C@H]1[C@H]2C[C@H](CN(C/C=C/c3ccccc3)C2)c2cccc(=O)n21. The average Bonchev–Trinajstić information content (AvgIpc) is 2.69. The number of fused-ring (bicyclic) bond motifs is 4. The molecule has 146 valence electrons. The largest absolute Gasteiger partial charge is 0.354 e. The fraction of sp³-hybridized carbons (Fsp3) is 0.391. The third kappa shape index (κ3) is 3.94. The van der Waals surface area contributed by atoms with Crippen LogP contribution < -0.4 is 10.9 Å². The summed E-state index contributed by atoms with van der Waals surface area (Å²) in [4.78, 5) is 26.5. The number of hydrogen-bond donors (Lipinski definition) is 1. The average molecular weight is 377 g/mol. The Kier molecular flexibility index (Phi) is 5.44. The smallest absolute Gasteiger partial charge is 0.251 e. The number of benzene rings is 1. The summed E-state index contributed by atoms with van der Waals surface area (Å²) in [7, 11) is 0. The van der Waals surface area contributed by atoms with E-state index in [1.165, 1.54) is 12.5 Å². The van der Waals surface area contributed by atoms with Crippen molar-refractivity contribution in [1.29, 1.82) is 0 Å². The monoisotopic (exact) mass is 377 g/mol. The van der Waals surface area contributed by atoms with E-state index in [2.05, 4.69) is 40.6 Å². The first-order chi connectivity index (χ1) is 13.6. The van der Waals surface area contributed by atoms with E-state index in [9.17, 15) is 9.59 Å². The van der Waals surface area contributed by atoms with Crippen LogP contribution in [0.3, 0.4) is 0 Å². The third-order valence-corrected chi connectivity index (χ3v) is 5.91. The molecular formula is C23H27N3O2. The van der Waals surface area contributed by atoms with Crippen LogP contribution >= 0.6 is 0 Å². The van der Waals surface area contributed by atoms with Gasteiger partial charge in [0.1, 0.15) is 0 Å². The topological polar surface area (TPSA) is 54.3 Å². The molecule has 3 atom stereocenters. The van der Waals surface area contributed by atoms with Crippen LogP contribution in [0.4, 0.5) is 0 Å². The summed E-state index contributed by atoms with van der Waals surface area (Å²) < 4.78 is 1.94. The van der Waals surface area contributed by atoms with Gasteiger partial charge in [-0.1, -0.05) is 48.6 Å². The van der Waals surface area contributed by atoms with E-state index < -0.39 is 0 Å². The van der Waals surface area contributed by atoms with Gasteiger partial charge in [-0.2, -0.15) is 0 Å². The molecule has 0 radical (unpaired) electrons. The van der Waals surface area contributed by atoms with Gasteiger partial charge in [0.25, 0.3) is 5.56 Å². The standard InChI is InChI=1S/C23H27N3O2/c1-17(27)24-14-22-20-13-19(21-10-5-11-23(28)26(21)22)15-25(16-20)12-6-9-18-7-3-2-4-8-18/h2-11,19-20,22H,12-16H2,1H3,(H,24,27)/b9-6+/t19-,20+,22+/m1/s1. The lowest BCUT2D eigenvalue weighted by molar-refractivity contribution is -0.119. The normalized spacial score (nSPS) is 24.1. The van der Waals surface area contributed by atoms with Crippen molar-refractivity contribution in [1.82, 2.24) is 14.8 Å². The lowest BCUT2D eigenvalue weighted by Crippen LogP contribution is -2.51. The van der Waals surface area contributed by atoms with Gasteiger partial charge in [0, 0.05) is 50.8 Å². The van der Waals surface area contributed by atoms with E-state index in [4.69, 9.17) is 0 Å². The van der Waals surface area contributed by atoms with E-state index in [1.54, 1.807) is 6.07 Å². The molecule has 1 N–H and O–H groups in total. The number of pyridine rings is 1. The molecule has 5 heteroatoms. The molecule has 2 aliphatic rings. The fourth-order valence-electron chi connectivity index (χ4n) is 4.70. The molecule has 0 saturated carbocycles. The van der Waals surface area contributed by atoms with Gasteiger partial charge in [0.2, 0.25) is 5.91 Å². The molecule has 1 fully saturated rings. The lowest BCUT2D eigenvalue weighted by atomic mass is 9.78. The van der Waals surface area contributed by atoms with E-state index >= 15 is 0 Å². The Balaban J connectivity index is 1.54. The first-order valence-electron chi connectivity index (χ1n) is 10.0. The Morgan fingerprint density at radius 3 is 2.75 bits per heavy atom. The quantitative estimate of drug-likeness (QED) is 0.872. The van der Waals surface area contributed by atoms with Crippen molar-refractivity contribution in [3.05, 3.63) is 76.2 Å². The molecule has 28 heavy (non-hydrogen) atoms. The predicted octanol–water partition coefficient (Wildman–Crippen LogP) is 2.66. The molecule has 3 heterocycles. The van der Waals surface area contributed by atoms with Crippen LogP contribution in [-0.4, -0.2) is 41.6 Å². The zero-order valence-electron chi connectivity index (χ0n) is 16.3. The summed E-state index contributed by atoms with van der Waals surface area (Å²) in [6.45, 7) is 4.84. The maximum atomic E-state index is 12.6. The number of carbonyl (C=O) groups is 1. The first-order valence-corrected chi connectivity index (χ1v) is 10.0. The van der Waals surface area contributed by atoms with Crippen LogP contribution in [0.5, 0.6) is 0 Å². The molecular weight excluding hydrogens is 350 g/mol. The maximum absolute atomic E-state index is 12.6. The lowest BCUT2D eigenvalue weighted by Gasteiger charge is -2.46. The van der Waals surface area contributed by atoms with Crippen LogP contribution in [0.15, 0.2) is 59.4 Å². The van der Waals surface area contributed by atoms with Crippen molar-refractivity contribution in [2.45, 2.75) is 25.3 Å². The van der Waals surface area contributed by atoms with Crippen LogP contribution in [0, 0.1) is 5.92 Å². The number of rotatable bonds is 5. The van der Waals surface area contributed by atoms with E-state index in [1.807, 2.05) is 28.8 Å². The summed E-state index contributed by atoms with van der Waals surface area (Å²) >= 11 is 0. The Bertz CT molecular complexity index is 919. The molecule has 0 aliphatic carbocycles. The maximum Gasteiger partial charge on any atom is 0.251 e. The highest BCUT2D eigenvalue weighted by Gasteiger charge is 2.40. The van der Waals surface area contributed by atoms with Gasteiger partial charge in [-0.25, -0.2) is 0 Å². The van der Waals surface area contributed by atoms with Gasteiger partial charge >= 0.3 is 0 Å². The summed E-state index contributed by atoms with van der Waals surface area (Å²) in [6.07, 6.45) is 5.46. The van der Waals surface area contributed by atoms with E-state index in [0.29, 0.717) is 18.4 Å². The van der Waals surface area contributed by atoms with Gasteiger partial charge in [-0.05, 0) is 24.0 Å². The van der Waals surface area contributed by atoms with Gasteiger partial charge in [-0.3, -0.25) is 14.5 Å². The Morgan fingerprint density at radius 2 is 1.96 bits per heavy atom. The summed E-state index contributed by atoms with van der Waals surface area (Å²) in [5, 5.41) is 2.93. The highest BCUT2D eigenvalue weighted by atomic mass is 16.1. The Hall–Kier alpha value is -2.66. The first kappa shape index (κ1) is 18.7. The van der Waals surface area contributed by atoms with Crippen molar-refractivity contribution >= 4 is 12.0 Å². The minimum absolute atomic E-state index is 0.0183. The molecule has 5 nitrogen and oxygen atoms in total. The van der Waals surface area contributed by atoms with Gasteiger partial charge in [-0.15, -0.1) is 0 Å². The number of nitrogens with zero attached hydrogens (tertiary/aromatic N) is 2. The molecule has 1 aromatic carbocycles. The second-order valence-corrected chi connectivity index (χ2v) is 7.89. The Labute approximate surface area is 165 Å². The summed E-state index contributed by atoms with van der Waals surface area (Å²) in [6, 6.07) is 15.9. The molecule has 0 unspecified atom stereocenters. The number of amides is 1. The number of piperidine rings is 1. The van der Waals surface area contributed by atoms with Crippen LogP contribution in [0.25, 0.3) is 6.08 Å². The van der Waals surface area contributed by atoms with Crippen molar-refractivity contribution in [3.8, 4) is 0 Å². The zero-order chi connectivity index (χ0) is 19.5. The molecule has 1 amide bonds. The number of carbonyl (C=O) groups excluding carboxylic acids is 1. The van der Waals surface area contributed by atoms with Gasteiger partial charge in [0.15, 0.2) is 0 Å². The van der Waals surface area contributed by atoms with Crippen molar-refractivity contribution in [2.24, 2.45) is 5.92 Å². The summed E-state index contributed by atoms with van der Waals surface area (Å²) in [5.41, 5.74) is 2.36. The van der Waals surface area contributed by atoms with E-state index in [-0.39, 0.29) is 17.5 Å². The molecule has 0 spiro atoms. The Morgan fingerprint density at radius 1 is 1.14 bits per heavy atom. The highest BCUT2D eigenvalue weighted by Crippen LogP contribution is 2.40. The zero-order valence-corrected chi connectivity index (χ0v) is 16.3. The molecule has 1 aromatic heterocycles. The number of likely N-dealkylation sites (tertiary alicyclic amines) is 1.